The van der Waals surface area contributed by atoms with Gasteiger partial charge in [0, 0.05) is 51.0 Å². The van der Waals surface area contributed by atoms with E-state index in [0.29, 0.717) is 31.6 Å². The van der Waals surface area contributed by atoms with E-state index in [2.05, 4.69) is 70.8 Å². The summed E-state index contributed by atoms with van der Waals surface area (Å²) in [6.07, 6.45) is 1.16. The lowest BCUT2D eigenvalue weighted by Gasteiger charge is -2.35. The maximum absolute atomic E-state index is 11.6. The van der Waals surface area contributed by atoms with Crippen LogP contribution in [0.4, 0.5) is 5.69 Å². The average molecular weight is 573 g/mol. The fourth-order valence-corrected chi connectivity index (χ4v) is 4.25. The highest BCUT2D eigenvalue weighted by molar-refractivity contribution is 14.0. The number of nitrogens with one attached hydrogen (secondary N) is 3. The summed E-state index contributed by atoms with van der Waals surface area (Å²) >= 11 is 0. The fraction of sp³-hybridized carbons (Fsp3) is 0.667. The number of ether oxygens (including phenoxy) is 1. The second kappa shape index (κ2) is 14.6. The van der Waals surface area contributed by atoms with E-state index in [4.69, 9.17) is 9.73 Å². The number of piperazine rings is 1. The van der Waals surface area contributed by atoms with Gasteiger partial charge >= 0.3 is 0 Å². The lowest BCUT2D eigenvalue weighted by molar-refractivity contribution is -0.120. The third-order valence-electron chi connectivity index (χ3n) is 5.91. The Morgan fingerprint density at radius 3 is 2.52 bits per heavy atom. The molecule has 0 aromatic heterocycles. The Kier molecular flexibility index (Phi) is 12.3. The average Bonchev–Trinajstić information content (AvgIpc) is 2.80. The zero-order valence-electron chi connectivity index (χ0n) is 20.3. The molecule has 0 bridgehead atoms. The summed E-state index contributed by atoms with van der Waals surface area (Å²) in [5.74, 6) is 1.58. The summed E-state index contributed by atoms with van der Waals surface area (Å²) < 4.78 is 5.54. The van der Waals surface area contributed by atoms with E-state index in [1.54, 1.807) is 0 Å². The van der Waals surface area contributed by atoms with Crippen LogP contribution in [-0.2, 0) is 16.1 Å². The topological polar surface area (TPSA) is 81.2 Å². The smallest absolute Gasteiger partial charge is 0.239 e. The van der Waals surface area contributed by atoms with Crippen molar-refractivity contribution in [2.75, 3.05) is 63.9 Å². The number of amides is 1. The Morgan fingerprint density at radius 2 is 1.88 bits per heavy atom. The van der Waals surface area contributed by atoms with Gasteiger partial charge in [-0.05, 0) is 37.0 Å². The molecule has 0 spiro atoms. The molecule has 1 aromatic carbocycles. The zero-order chi connectivity index (χ0) is 22.8. The van der Waals surface area contributed by atoms with Gasteiger partial charge in [0.05, 0.1) is 26.3 Å². The Balaban J connectivity index is 0.00000385. The van der Waals surface area contributed by atoms with Crippen molar-refractivity contribution < 1.29 is 9.53 Å². The molecule has 8 nitrogen and oxygen atoms in total. The molecule has 2 aliphatic rings. The van der Waals surface area contributed by atoms with Gasteiger partial charge in [0.2, 0.25) is 5.91 Å². The van der Waals surface area contributed by atoms with Crippen LogP contribution in [0.1, 0.15) is 32.8 Å². The van der Waals surface area contributed by atoms with Crippen molar-refractivity contribution in [2.45, 2.75) is 39.8 Å². The molecule has 2 heterocycles. The number of aliphatic imine (C=N–C) groups is 1. The maximum Gasteiger partial charge on any atom is 0.239 e. The molecule has 33 heavy (non-hydrogen) atoms. The van der Waals surface area contributed by atoms with Crippen molar-refractivity contribution in [2.24, 2.45) is 10.9 Å². The van der Waals surface area contributed by atoms with Crippen molar-refractivity contribution in [3.8, 4) is 0 Å². The lowest BCUT2D eigenvalue weighted by atomic mass is 10.0. The number of hydrogen-bond donors (Lipinski definition) is 3. The fourth-order valence-electron chi connectivity index (χ4n) is 4.25. The van der Waals surface area contributed by atoms with Crippen LogP contribution in [0, 0.1) is 5.92 Å². The lowest BCUT2D eigenvalue weighted by Crippen LogP contribution is -2.51. The van der Waals surface area contributed by atoms with Crippen molar-refractivity contribution in [1.29, 1.82) is 0 Å². The first-order chi connectivity index (χ1) is 15.5. The van der Waals surface area contributed by atoms with E-state index in [0.717, 1.165) is 69.6 Å². The van der Waals surface area contributed by atoms with Crippen molar-refractivity contribution in [1.82, 2.24) is 20.9 Å². The highest BCUT2D eigenvalue weighted by Crippen LogP contribution is 2.17. The van der Waals surface area contributed by atoms with E-state index in [9.17, 15) is 4.79 Å². The van der Waals surface area contributed by atoms with Gasteiger partial charge in [0.1, 0.15) is 0 Å². The zero-order valence-corrected chi connectivity index (χ0v) is 22.6. The third-order valence-corrected chi connectivity index (χ3v) is 5.91. The molecule has 0 saturated carbocycles. The van der Waals surface area contributed by atoms with Crippen LogP contribution in [0.3, 0.4) is 0 Å². The van der Waals surface area contributed by atoms with Crippen molar-refractivity contribution >= 4 is 41.5 Å². The van der Waals surface area contributed by atoms with Crippen LogP contribution in [0.15, 0.2) is 29.3 Å². The number of rotatable bonds is 9. The monoisotopic (exact) mass is 572 g/mol. The molecule has 1 aromatic rings. The van der Waals surface area contributed by atoms with Gasteiger partial charge in [-0.15, -0.1) is 24.0 Å². The van der Waals surface area contributed by atoms with E-state index in [1.165, 1.54) is 0 Å². The number of anilines is 1. The molecule has 2 saturated heterocycles. The Morgan fingerprint density at radius 1 is 1.15 bits per heavy atom. The molecule has 1 unspecified atom stereocenters. The molecule has 2 aliphatic heterocycles. The molecule has 3 N–H and O–H groups in total. The molecule has 1 amide bonds. The second-order valence-corrected chi connectivity index (χ2v) is 8.95. The first-order valence-corrected chi connectivity index (χ1v) is 12.0. The SMILES string of the molecule is CCNC(=NCc1ccc(N2CCNC(=O)C2)cc1)NCC(CC(C)C)N1CCOCC1.I. The van der Waals surface area contributed by atoms with Gasteiger partial charge in [-0.25, -0.2) is 4.99 Å². The normalized spacial score (nSPS) is 18.5. The summed E-state index contributed by atoms with van der Waals surface area (Å²) in [6, 6.07) is 8.85. The summed E-state index contributed by atoms with van der Waals surface area (Å²) in [5.41, 5.74) is 2.24. The number of halogens is 1. The number of nitrogens with zero attached hydrogens (tertiary/aromatic N) is 3. The first kappa shape index (κ1) is 27.7. The Hall–Kier alpha value is -1.59. The van der Waals surface area contributed by atoms with Gasteiger partial charge in [0.15, 0.2) is 5.96 Å². The molecule has 186 valence electrons. The number of hydrogen-bond acceptors (Lipinski definition) is 5. The summed E-state index contributed by atoms with van der Waals surface area (Å²) in [4.78, 5) is 21.1. The van der Waals surface area contributed by atoms with Gasteiger partial charge in [-0.3, -0.25) is 9.69 Å². The summed E-state index contributed by atoms with van der Waals surface area (Å²) in [5, 5.41) is 9.81. The van der Waals surface area contributed by atoms with Gasteiger partial charge in [-0.2, -0.15) is 0 Å². The third kappa shape index (κ3) is 9.29. The number of morpholine rings is 1. The standard InChI is InChI=1S/C24H40N6O2.HI/c1-4-25-24(28-17-22(15-19(2)3)29-11-13-32-14-12-29)27-16-20-5-7-21(8-6-20)30-10-9-26-23(31)18-30;/h5-8,19,22H,4,9-18H2,1-3H3,(H,26,31)(H2,25,27,28);1H. The van der Waals surface area contributed by atoms with Crippen LogP contribution in [0.5, 0.6) is 0 Å². The molecular weight excluding hydrogens is 531 g/mol. The molecule has 1 atom stereocenters. The molecule has 2 fully saturated rings. The molecule has 9 heteroatoms. The summed E-state index contributed by atoms with van der Waals surface area (Å²) in [7, 11) is 0. The quantitative estimate of drug-likeness (QED) is 0.239. The van der Waals surface area contributed by atoms with Crippen molar-refractivity contribution in [3.05, 3.63) is 29.8 Å². The van der Waals surface area contributed by atoms with Crippen LogP contribution >= 0.6 is 24.0 Å². The van der Waals surface area contributed by atoms with Crippen LogP contribution in [0.2, 0.25) is 0 Å². The van der Waals surface area contributed by atoms with Gasteiger partial charge in [0.25, 0.3) is 0 Å². The number of carbonyl (C=O) groups excluding carboxylic acids is 1. The van der Waals surface area contributed by atoms with Crippen LogP contribution < -0.4 is 20.9 Å². The highest BCUT2D eigenvalue weighted by Gasteiger charge is 2.22. The minimum atomic E-state index is 0. The largest absolute Gasteiger partial charge is 0.379 e. The van der Waals surface area contributed by atoms with Gasteiger partial charge in [-0.1, -0.05) is 26.0 Å². The van der Waals surface area contributed by atoms with E-state index in [1.807, 2.05) is 0 Å². The predicted molar refractivity (Wildman–Crippen MR) is 146 cm³/mol. The van der Waals surface area contributed by atoms with Crippen LogP contribution in [-0.4, -0.2) is 81.8 Å². The maximum atomic E-state index is 11.6. The van der Waals surface area contributed by atoms with Crippen LogP contribution in [0.25, 0.3) is 0 Å². The molecule has 3 rings (SSSR count). The van der Waals surface area contributed by atoms with Gasteiger partial charge < -0.3 is 25.6 Å². The van der Waals surface area contributed by atoms with E-state index < -0.39 is 0 Å². The minimum absolute atomic E-state index is 0. The number of guanidine groups is 1. The summed E-state index contributed by atoms with van der Waals surface area (Å²) in [6.45, 7) is 14.6. The van der Waals surface area contributed by atoms with E-state index in [-0.39, 0.29) is 29.9 Å². The van der Waals surface area contributed by atoms with E-state index >= 15 is 0 Å². The molecule has 0 aliphatic carbocycles. The first-order valence-electron chi connectivity index (χ1n) is 12.0. The van der Waals surface area contributed by atoms with Crippen molar-refractivity contribution in [3.63, 3.8) is 0 Å². The molecular formula is C24H41IN6O2. The minimum Gasteiger partial charge on any atom is -0.379 e. The predicted octanol–water partition coefficient (Wildman–Crippen LogP) is 2.04. The Bertz CT molecular complexity index is 737. The second-order valence-electron chi connectivity index (χ2n) is 8.95. The number of carbonyl (C=O) groups is 1. The molecule has 0 radical (unpaired) electrons. The Labute approximate surface area is 215 Å². The number of benzene rings is 1. The highest BCUT2D eigenvalue weighted by atomic mass is 127.